The summed E-state index contributed by atoms with van der Waals surface area (Å²) >= 11 is 0. The molecule has 0 saturated heterocycles. The molecule has 110 valence electrons. The number of allylic oxidation sites excluding steroid dienone is 1. The molecule has 0 aromatic heterocycles. The zero-order valence-corrected chi connectivity index (χ0v) is 13.1. The maximum Gasteiger partial charge on any atom is 0.0372 e. The van der Waals surface area contributed by atoms with E-state index in [0.29, 0.717) is 0 Å². The molecule has 2 unspecified atom stereocenters. The van der Waals surface area contributed by atoms with Crippen LogP contribution in [0, 0.1) is 11.8 Å². The highest BCUT2D eigenvalue weighted by atomic mass is 14.8. The predicted octanol–water partition coefficient (Wildman–Crippen LogP) is 5.22. The van der Waals surface area contributed by atoms with Gasteiger partial charge in [0.15, 0.2) is 0 Å². The Kier molecular flexibility index (Phi) is 5.70. The van der Waals surface area contributed by atoms with Gasteiger partial charge in [-0.25, -0.2) is 0 Å². The Labute approximate surface area is 124 Å². The van der Waals surface area contributed by atoms with Gasteiger partial charge in [-0.2, -0.15) is 0 Å². The molecule has 0 heterocycles. The van der Waals surface area contributed by atoms with Gasteiger partial charge < -0.3 is 5.32 Å². The van der Waals surface area contributed by atoms with Crippen LogP contribution in [-0.4, -0.2) is 7.05 Å². The lowest BCUT2D eigenvalue weighted by Crippen LogP contribution is -2.16. The third-order valence-corrected chi connectivity index (χ3v) is 4.65. The lowest BCUT2D eigenvalue weighted by molar-refractivity contribution is 0.303. The zero-order chi connectivity index (χ0) is 14.4. The molecule has 0 radical (unpaired) electrons. The fourth-order valence-electron chi connectivity index (χ4n) is 3.52. The van der Waals surface area contributed by atoms with E-state index in [-0.39, 0.29) is 0 Å². The molecule has 0 bridgehead atoms. The second-order valence-electron chi connectivity index (χ2n) is 6.22. The van der Waals surface area contributed by atoms with Gasteiger partial charge in [0.2, 0.25) is 0 Å². The molecule has 1 aliphatic carbocycles. The van der Waals surface area contributed by atoms with Gasteiger partial charge in [-0.05, 0) is 54.7 Å². The van der Waals surface area contributed by atoms with E-state index in [2.05, 4.69) is 43.1 Å². The monoisotopic (exact) mass is 271 g/mol. The van der Waals surface area contributed by atoms with Crippen molar-refractivity contribution in [3.8, 4) is 0 Å². The van der Waals surface area contributed by atoms with Crippen LogP contribution in [0.25, 0.3) is 0 Å². The molecular formula is C19H29N. The van der Waals surface area contributed by atoms with Crippen LogP contribution in [0.15, 0.2) is 30.9 Å². The van der Waals surface area contributed by atoms with Crippen molar-refractivity contribution in [1.29, 1.82) is 0 Å². The van der Waals surface area contributed by atoms with Gasteiger partial charge in [0.25, 0.3) is 0 Å². The second-order valence-corrected chi connectivity index (χ2v) is 6.22. The summed E-state index contributed by atoms with van der Waals surface area (Å²) in [5, 5.41) is 3.39. The third-order valence-electron chi connectivity index (χ3n) is 4.65. The lowest BCUT2D eigenvalue weighted by atomic mass is 9.78. The summed E-state index contributed by atoms with van der Waals surface area (Å²) in [5.41, 5.74) is 4.27. The van der Waals surface area contributed by atoms with Crippen LogP contribution in [0.4, 0.5) is 5.69 Å². The van der Waals surface area contributed by atoms with Crippen molar-refractivity contribution in [2.24, 2.45) is 11.8 Å². The fraction of sp³-hybridized carbons (Fsp3) is 0.579. The van der Waals surface area contributed by atoms with Crippen molar-refractivity contribution in [2.75, 3.05) is 12.4 Å². The molecule has 1 aromatic carbocycles. The van der Waals surface area contributed by atoms with Crippen molar-refractivity contribution in [1.82, 2.24) is 0 Å². The average Bonchev–Trinajstić information content (AvgIpc) is 2.49. The van der Waals surface area contributed by atoms with Gasteiger partial charge in [0.05, 0.1) is 0 Å². The summed E-state index contributed by atoms with van der Waals surface area (Å²) in [7, 11) is 2.04. The van der Waals surface area contributed by atoms with E-state index < -0.39 is 0 Å². The Morgan fingerprint density at radius 1 is 1.35 bits per heavy atom. The molecule has 1 fully saturated rings. The minimum atomic E-state index is 0.742. The molecule has 0 spiro atoms. The first kappa shape index (κ1) is 15.2. The maximum absolute atomic E-state index is 3.98. The minimum absolute atomic E-state index is 0.742. The highest BCUT2D eigenvalue weighted by Crippen LogP contribution is 2.33. The van der Waals surface area contributed by atoms with Crippen molar-refractivity contribution in [3.05, 3.63) is 42.0 Å². The average molecular weight is 271 g/mol. The summed E-state index contributed by atoms with van der Waals surface area (Å²) in [6.07, 6.45) is 11.2. The smallest absolute Gasteiger partial charge is 0.0372 e. The van der Waals surface area contributed by atoms with Crippen LogP contribution in [0.2, 0.25) is 0 Å². The molecule has 2 rings (SSSR count). The van der Waals surface area contributed by atoms with Crippen molar-refractivity contribution in [3.63, 3.8) is 0 Å². The topological polar surface area (TPSA) is 12.0 Å². The summed E-state index contributed by atoms with van der Waals surface area (Å²) in [6.45, 7) is 6.22. The maximum atomic E-state index is 3.98. The lowest BCUT2D eigenvalue weighted by Gasteiger charge is -2.28. The van der Waals surface area contributed by atoms with E-state index in [9.17, 15) is 0 Å². The summed E-state index contributed by atoms with van der Waals surface area (Å²) in [6, 6.07) is 6.99. The first-order chi connectivity index (χ1) is 9.76. The van der Waals surface area contributed by atoms with E-state index in [1.807, 2.05) is 7.05 Å². The Bertz CT molecular complexity index is 435. The number of benzene rings is 1. The van der Waals surface area contributed by atoms with Crippen LogP contribution < -0.4 is 5.32 Å². The zero-order valence-electron chi connectivity index (χ0n) is 13.1. The van der Waals surface area contributed by atoms with Gasteiger partial charge in [0.1, 0.15) is 0 Å². The SMILES string of the molecule is C=CC1CCCC(Cc2ccc(CCC)cc2NC)C1. The van der Waals surface area contributed by atoms with Crippen molar-refractivity contribution < 1.29 is 0 Å². The summed E-state index contributed by atoms with van der Waals surface area (Å²) in [4.78, 5) is 0. The van der Waals surface area contributed by atoms with Gasteiger partial charge >= 0.3 is 0 Å². The van der Waals surface area contributed by atoms with Gasteiger partial charge in [-0.15, -0.1) is 6.58 Å². The molecule has 1 N–H and O–H groups in total. The largest absolute Gasteiger partial charge is 0.388 e. The van der Waals surface area contributed by atoms with Crippen LogP contribution in [-0.2, 0) is 12.8 Å². The number of hydrogen-bond donors (Lipinski definition) is 1. The van der Waals surface area contributed by atoms with E-state index in [4.69, 9.17) is 0 Å². The van der Waals surface area contributed by atoms with E-state index in [1.54, 1.807) is 0 Å². The summed E-state index contributed by atoms with van der Waals surface area (Å²) in [5.74, 6) is 1.57. The van der Waals surface area contributed by atoms with Crippen LogP contribution in [0.1, 0.15) is 50.2 Å². The number of nitrogens with one attached hydrogen (secondary N) is 1. The molecule has 2 atom stereocenters. The van der Waals surface area contributed by atoms with Crippen LogP contribution in [0.3, 0.4) is 0 Å². The Balaban J connectivity index is 2.06. The number of rotatable bonds is 6. The molecular weight excluding hydrogens is 242 g/mol. The van der Waals surface area contributed by atoms with Crippen molar-refractivity contribution >= 4 is 5.69 Å². The van der Waals surface area contributed by atoms with E-state index in [1.165, 1.54) is 61.8 Å². The summed E-state index contributed by atoms with van der Waals surface area (Å²) < 4.78 is 0. The van der Waals surface area contributed by atoms with Crippen LogP contribution >= 0.6 is 0 Å². The predicted molar refractivity (Wildman–Crippen MR) is 89.3 cm³/mol. The molecule has 1 nitrogen and oxygen atoms in total. The second kappa shape index (κ2) is 7.52. The van der Waals surface area contributed by atoms with Gasteiger partial charge in [0, 0.05) is 12.7 Å². The highest BCUT2D eigenvalue weighted by molar-refractivity contribution is 5.53. The number of anilines is 1. The quantitative estimate of drug-likeness (QED) is 0.700. The standard InChI is InChI=1S/C19H29N/c1-4-7-16-10-11-18(19(14-16)20-3)13-17-9-6-8-15(5-2)12-17/h5,10-11,14-15,17,20H,2,4,6-9,12-13H2,1,3H3. The van der Waals surface area contributed by atoms with E-state index >= 15 is 0 Å². The molecule has 0 aliphatic heterocycles. The fourth-order valence-corrected chi connectivity index (χ4v) is 3.52. The molecule has 1 saturated carbocycles. The number of hydrogen-bond acceptors (Lipinski definition) is 1. The molecule has 1 aliphatic rings. The third kappa shape index (κ3) is 3.88. The number of aryl methyl sites for hydroxylation is 1. The molecule has 1 heteroatoms. The van der Waals surface area contributed by atoms with Crippen molar-refractivity contribution in [2.45, 2.75) is 51.9 Å². The van der Waals surface area contributed by atoms with Gasteiger partial charge in [-0.1, -0.05) is 44.4 Å². The van der Waals surface area contributed by atoms with Crippen LogP contribution in [0.5, 0.6) is 0 Å². The minimum Gasteiger partial charge on any atom is -0.388 e. The Morgan fingerprint density at radius 2 is 2.20 bits per heavy atom. The molecule has 0 amide bonds. The Hall–Kier alpha value is -1.24. The molecule has 1 aromatic rings. The van der Waals surface area contributed by atoms with Gasteiger partial charge in [-0.3, -0.25) is 0 Å². The first-order valence-electron chi connectivity index (χ1n) is 8.19. The molecule has 20 heavy (non-hydrogen) atoms. The highest BCUT2D eigenvalue weighted by Gasteiger charge is 2.21. The Morgan fingerprint density at radius 3 is 2.90 bits per heavy atom. The van der Waals surface area contributed by atoms with E-state index in [0.717, 1.165) is 11.8 Å². The normalized spacial score (nSPS) is 22.5. The first-order valence-corrected chi connectivity index (χ1v) is 8.19.